The average molecular weight is 241 g/mol. The van der Waals surface area contributed by atoms with Crippen molar-refractivity contribution >= 4 is 5.97 Å². The Kier molecular flexibility index (Phi) is 5.01. The molecule has 7 heteroatoms. The number of hydrogen-bond acceptors (Lipinski definition) is 4. The van der Waals surface area contributed by atoms with Crippen molar-refractivity contribution in [2.24, 2.45) is 5.92 Å². The molecule has 1 unspecified atom stereocenters. The SMILES string of the molecule is O=C(CNCC(F)(F)F)OCC1CCOC1. The lowest BCUT2D eigenvalue weighted by molar-refractivity contribution is -0.145. The van der Waals surface area contributed by atoms with Gasteiger partial charge in [0.15, 0.2) is 0 Å². The normalized spacial score (nSPS) is 21.1. The molecule has 16 heavy (non-hydrogen) atoms. The Balaban J connectivity index is 2.02. The highest BCUT2D eigenvalue weighted by Gasteiger charge is 2.26. The van der Waals surface area contributed by atoms with Crippen LogP contribution in [0.3, 0.4) is 0 Å². The van der Waals surface area contributed by atoms with E-state index in [1.54, 1.807) is 0 Å². The molecule has 0 aromatic rings. The minimum absolute atomic E-state index is 0.173. The molecule has 0 amide bonds. The second-order valence-electron chi connectivity index (χ2n) is 3.63. The summed E-state index contributed by atoms with van der Waals surface area (Å²) in [6, 6.07) is 0. The van der Waals surface area contributed by atoms with E-state index in [9.17, 15) is 18.0 Å². The van der Waals surface area contributed by atoms with Crippen LogP contribution < -0.4 is 5.32 Å². The summed E-state index contributed by atoms with van der Waals surface area (Å²) in [7, 11) is 0. The largest absolute Gasteiger partial charge is 0.464 e. The molecule has 1 rings (SSSR count). The number of carbonyl (C=O) groups excluding carboxylic acids is 1. The molecule has 0 aliphatic carbocycles. The molecule has 0 spiro atoms. The fourth-order valence-corrected chi connectivity index (χ4v) is 1.28. The Morgan fingerprint density at radius 1 is 1.50 bits per heavy atom. The summed E-state index contributed by atoms with van der Waals surface area (Å²) in [4.78, 5) is 11.0. The van der Waals surface area contributed by atoms with Gasteiger partial charge in [-0.2, -0.15) is 13.2 Å². The summed E-state index contributed by atoms with van der Waals surface area (Å²) < 4.78 is 45.0. The highest BCUT2D eigenvalue weighted by Crippen LogP contribution is 2.13. The molecule has 1 saturated heterocycles. The summed E-state index contributed by atoms with van der Waals surface area (Å²) in [5.74, 6) is -0.497. The third kappa shape index (κ3) is 5.92. The Morgan fingerprint density at radius 2 is 2.25 bits per heavy atom. The average Bonchev–Trinajstić information content (AvgIpc) is 2.65. The molecule has 1 aliphatic heterocycles. The summed E-state index contributed by atoms with van der Waals surface area (Å²) >= 11 is 0. The number of alkyl halides is 3. The fourth-order valence-electron chi connectivity index (χ4n) is 1.28. The molecular weight excluding hydrogens is 227 g/mol. The molecule has 1 fully saturated rings. The number of esters is 1. The molecule has 0 radical (unpaired) electrons. The first-order valence-electron chi connectivity index (χ1n) is 4.98. The zero-order valence-corrected chi connectivity index (χ0v) is 8.68. The molecular formula is C9H14F3NO3. The lowest BCUT2D eigenvalue weighted by Crippen LogP contribution is -2.34. The van der Waals surface area contributed by atoms with Gasteiger partial charge in [-0.3, -0.25) is 10.1 Å². The van der Waals surface area contributed by atoms with E-state index in [0.29, 0.717) is 13.2 Å². The van der Waals surface area contributed by atoms with Crippen molar-refractivity contribution in [2.45, 2.75) is 12.6 Å². The van der Waals surface area contributed by atoms with Gasteiger partial charge in [0.25, 0.3) is 0 Å². The van der Waals surface area contributed by atoms with Crippen molar-refractivity contribution in [1.29, 1.82) is 0 Å². The molecule has 0 saturated carbocycles. The highest BCUT2D eigenvalue weighted by molar-refractivity contribution is 5.71. The van der Waals surface area contributed by atoms with Crippen molar-refractivity contribution < 1.29 is 27.4 Å². The van der Waals surface area contributed by atoms with Crippen molar-refractivity contribution in [3.63, 3.8) is 0 Å². The minimum Gasteiger partial charge on any atom is -0.464 e. The van der Waals surface area contributed by atoms with Crippen molar-refractivity contribution in [1.82, 2.24) is 5.32 Å². The van der Waals surface area contributed by atoms with Gasteiger partial charge in [-0.05, 0) is 6.42 Å². The van der Waals surface area contributed by atoms with Gasteiger partial charge in [0.05, 0.1) is 26.3 Å². The van der Waals surface area contributed by atoms with E-state index in [1.165, 1.54) is 0 Å². The second kappa shape index (κ2) is 6.05. The quantitative estimate of drug-likeness (QED) is 0.720. The molecule has 1 atom stereocenters. The van der Waals surface area contributed by atoms with Crippen LogP contribution in [0.25, 0.3) is 0 Å². The van der Waals surface area contributed by atoms with Gasteiger partial charge in [0.1, 0.15) is 0 Å². The van der Waals surface area contributed by atoms with E-state index in [1.807, 2.05) is 5.32 Å². The zero-order chi connectivity index (χ0) is 12.0. The van der Waals surface area contributed by atoms with Gasteiger partial charge in [-0.15, -0.1) is 0 Å². The van der Waals surface area contributed by atoms with Gasteiger partial charge >= 0.3 is 12.1 Å². The molecule has 4 nitrogen and oxygen atoms in total. The van der Waals surface area contributed by atoms with E-state index >= 15 is 0 Å². The Morgan fingerprint density at radius 3 is 2.81 bits per heavy atom. The van der Waals surface area contributed by atoms with Crippen LogP contribution in [0.5, 0.6) is 0 Å². The maximum atomic E-state index is 11.7. The van der Waals surface area contributed by atoms with Gasteiger partial charge < -0.3 is 9.47 Å². The third-order valence-electron chi connectivity index (χ3n) is 2.10. The summed E-state index contributed by atoms with van der Waals surface area (Å²) in [6.07, 6.45) is -3.48. The maximum Gasteiger partial charge on any atom is 0.401 e. The van der Waals surface area contributed by atoms with E-state index in [0.717, 1.165) is 6.42 Å². The number of ether oxygens (including phenoxy) is 2. The Hall–Kier alpha value is -0.820. The van der Waals surface area contributed by atoms with Crippen LogP contribution in [0.4, 0.5) is 13.2 Å². The number of hydrogen-bond donors (Lipinski definition) is 1. The van der Waals surface area contributed by atoms with E-state index in [4.69, 9.17) is 9.47 Å². The van der Waals surface area contributed by atoms with Gasteiger partial charge in [-0.25, -0.2) is 0 Å². The predicted octanol–water partition coefficient (Wildman–Crippen LogP) is 0.718. The third-order valence-corrected chi connectivity index (χ3v) is 2.10. The van der Waals surface area contributed by atoms with Crippen LogP contribution in [-0.4, -0.2) is 45.1 Å². The summed E-state index contributed by atoms with van der Waals surface area (Å²) in [5.41, 5.74) is 0. The first-order chi connectivity index (χ1) is 7.47. The molecule has 1 heterocycles. The van der Waals surface area contributed by atoms with E-state index < -0.39 is 25.2 Å². The molecule has 94 valence electrons. The summed E-state index contributed by atoms with van der Waals surface area (Å²) in [5, 5.41) is 1.97. The van der Waals surface area contributed by atoms with Crippen LogP contribution in [0.2, 0.25) is 0 Å². The minimum atomic E-state index is -4.31. The van der Waals surface area contributed by atoms with E-state index in [2.05, 4.69) is 0 Å². The first-order valence-corrected chi connectivity index (χ1v) is 4.98. The van der Waals surface area contributed by atoms with Gasteiger partial charge in [0, 0.05) is 12.5 Å². The Bertz CT molecular complexity index is 227. The molecule has 1 aliphatic rings. The summed E-state index contributed by atoms with van der Waals surface area (Å²) in [6.45, 7) is -0.202. The molecule has 0 aromatic heterocycles. The van der Waals surface area contributed by atoms with Crippen LogP contribution in [0, 0.1) is 5.92 Å². The molecule has 0 aromatic carbocycles. The smallest absolute Gasteiger partial charge is 0.401 e. The number of nitrogens with one attached hydrogen (secondary N) is 1. The lowest BCUT2D eigenvalue weighted by Gasteiger charge is -2.10. The molecule has 0 bridgehead atoms. The first kappa shape index (κ1) is 13.2. The van der Waals surface area contributed by atoms with Crippen molar-refractivity contribution in [2.75, 3.05) is 32.9 Å². The standard InChI is InChI=1S/C9H14F3NO3/c10-9(11,12)6-13-3-8(14)16-5-7-1-2-15-4-7/h7,13H,1-6H2. The predicted molar refractivity (Wildman–Crippen MR) is 48.8 cm³/mol. The topological polar surface area (TPSA) is 47.6 Å². The van der Waals surface area contributed by atoms with Gasteiger partial charge in [0.2, 0.25) is 0 Å². The highest BCUT2D eigenvalue weighted by atomic mass is 19.4. The van der Waals surface area contributed by atoms with Crippen LogP contribution >= 0.6 is 0 Å². The lowest BCUT2D eigenvalue weighted by atomic mass is 10.1. The van der Waals surface area contributed by atoms with Crippen LogP contribution in [0.15, 0.2) is 0 Å². The van der Waals surface area contributed by atoms with Crippen molar-refractivity contribution in [3.8, 4) is 0 Å². The molecule has 1 N–H and O–H groups in total. The van der Waals surface area contributed by atoms with Crippen molar-refractivity contribution in [3.05, 3.63) is 0 Å². The Labute approximate surface area is 91.1 Å². The maximum absolute atomic E-state index is 11.7. The monoisotopic (exact) mass is 241 g/mol. The van der Waals surface area contributed by atoms with Crippen LogP contribution in [0.1, 0.15) is 6.42 Å². The zero-order valence-electron chi connectivity index (χ0n) is 8.68. The second-order valence-corrected chi connectivity index (χ2v) is 3.63. The number of halogens is 3. The van der Waals surface area contributed by atoms with Crippen LogP contribution in [-0.2, 0) is 14.3 Å². The number of rotatable bonds is 5. The van der Waals surface area contributed by atoms with E-state index in [-0.39, 0.29) is 12.5 Å². The fraction of sp³-hybridized carbons (Fsp3) is 0.889. The van der Waals surface area contributed by atoms with Gasteiger partial charge in [-0.1, -0.05) is 0 Å². The number of carbonyl (C=O) groups is 1.